The lowest BCUT2D eigenvalue weighted by atomic mass is 10.1. The summed E-state index contributed by atoms with van der Waals surface area (Å²) in [5.41, 5.74) is 0. The second kappa shape index (κ2) is 6.74. The molecule has 22 heavy (non-hydrogen) atoms. The quantitative estimate of drug-likeness (QED) is 0.818. The molecule has 0 aromatic carbocycles. The van der Waals surface area contributed by atoms with Crippen LogP contribution in [-0.2, 0) is 29.2 Å². The molecule has 3 rings (SSSR count). The number of aromatic nitrogens is 4. The number of nitrogens with zero attached hydrogens (tertiary/aromatic N) is 5. The molecule has 0 radical (unpaired) electrons. The molecule has 0 N–H and O–H groups in total. The van der Waals surface area contributed by atoms with Crippen molar-refractivity contribution in [2.75, 3.05) is 19.8 Å². The third-order valence-corrected chi connectivity index (χ3v) is 3.85. The smallest absolute Gasteiger partial charge is 0.248 e. The van der Waals surface area contributed by atoms with Crippen molar-refractivity contribution in [1.82, 2.24) is 24.2 Å². The van der Waals surface area contributed by atoms with E-state index in [1.165, 1.54) is 0 Å². The third-order valence-electron chi connectivity index (χ3n) is 3.85. The van der Waals surface area contributed by atoms with E-state index in [1.807, 2.05) is 35.0 Å². The van der Waals surface area contributed by atoms with E-state index in [0.29, 0.717) is 25.6 Å². The van der Waals surface area contributed by atoms with Crippen LogP contribution in [0.25, 0.3) is 0 Å². The Morgan fingerprint density at radius 1 is 1.36 bits per heavy atom. The van der Waals surface area contributed by atoms with Gasteiger partial charge in [-0.1, -0.05) is 0 Å². The molecule has 2 aromatic rings. The van der Waals surface area contributed by atoms with E-state index in [2.05, 4.69) is 14.6 Å². The van der Waals surface area contributed by atoms with E-state index < -0.39 is 0 Å². The summed E-state index contributed by atoms with van der Waals surface area (Å²) >= 11 is 0. The molecule has 0 aliphatic carbocycles. The summed E-state index contributed by atoms with van der Waals surface area (Å²) in [5, 5.41) is 4.27. The highest BCUT2D eigenvalue weighted by Gasteiger charge is 2.25. The average molecular weight is 303 g/mol. The first-order valence-electron chi connectivity index (χ1n) is 7.59. The Bertz CT molecular complexity index is 607. The normalized spacial score (nSPS) is 18.0. The lowest BCUT2D eigenvalue weighted by Crippen LogP contribution is -2.37. The zero-order valence-electron chi connectivity index (χ0n) is 12.8. The molecular formula is C15H21N5O2. The molecule has 118 valence electrons. The Morgan fingerprint density at radius 3 is 3.05 bits per heavy atom. The van der Waals surface area contributed by atoms with Gasteiger partial charge in [0.2, 0.25) is 5.91 Å². The van der Waals surface area contributed by atoms with Crippen molar-refractivity contribution in [1.29, 1.82) is 0 Å². The molecule has 7 nitrogen and oxygen atoms in total. The van der Waals surface area contributed by atoms with E-state index in [9.17, 15) is 4.79 Å². The van der Waals surface area contributed by atoms with E-state index in [0.717, 1.165) is 18.9 Å². The van der Waals surface area contributed by atoms with Crippen LogP contribution >= 0.6 is 0 Å². The van der Waals surface area contributed by atoms with E-state index in [1.54, 1.807) is 12.4 Å². The maximum atomic E-state index is 12.3. The van der Waals surface area contributed by atoms with Gasteiger partial charge in [-0.25, -0.2) is 4.98 Å². The van der Waals surface area contributed by atoms with Gasteiger partial charge in [-0.15, -0.1) is 0 Å². The van der Waals surface area contributed by atoms with Gasteiger partial charge in [-0.2, -0.15) is 5.10 Å². The van der Waals surface area contributed by atoms with Crippen molar-refractivity contribution in [2.24, 2.45) is 5.92 Å². The predicted molar refractivity (Wildman–Crippen MR) is 79.9 cm³/mol. The molecule has 1 amide bonds. The molecule has 1 aliphatic rings. The van der Waals surface area contributed by atoms with Gasteiger partial charge in [0.1, 0.15) is 12.4 Å². The second-order valence-electron chi connectivity index (χ2n) is 5.50. The van der Waals surface area contributed by atoms with E-state index in [-0.39, 0.29) is 12.5 Å². The highest BCUT2D eigenvalue weighted by molar-refractivity contribution is 5.77. The van der Waals surface area contributed by atoms with Crippen molar-refractivity contribution in [3.8, 4) is 0 Å². The number of carbonyl (C=O) groups is 1. The second-order valence-corrected chi connectivity index (χ2v) is 5.50. The number of amides is 1. The highest BCUT2D eigenvalue weighted by Crippen LogP contribution is 2.17. The third kappa shape index (κ3) is 3.36. The summed E-state index contributed by atoms with van der Waals surface area (Å²) in [6.07, 6.45) is 7.49. The minimum Gasteiger partial charge on any atom is -0.372 e. The topological polar surface area (TPSA) is 65.2 Å². The number of ether oxygens (including phenoxy) is 1. The summed E-state index contributed by atoms with van der Waals surface area (Å²) in [6.45, 7) is 5.42. The van der Waals surface area contributed by atoms with Gasteiger partial charge in [0.25, 0.3) is 0 Å². The summed E-state index contributed by atoms with van der Waals surface area (Å²) in [4.78, 5) is 18.5. The summed E-state index contributed by atoms with van der Waals surface area (Å²) in [7, 11) is 0. The molecule has 0 fully saturated rings. The zero-order valence-corrected chi connectivity index (χ0v) is 12.8. The Labute approximate surface area is 129 Å². The van der Waals surface area contributed by atoms with Crippen LogP contribution in [0.5, 0.6) is 0 Å². The van der Waals surface area contributed by atoms with Crippen LogP contribution in [0.15, 0.2) is 30.9 Å². The van der Waals surface area contributed by atoms with Crippen molar-refractivity contribution >= 4 is 5.91 Å². The fourth-order valence-corrected chi connectivity index (χ4v) is 2.80. The van der Waals surface area contributed by atoms with Crippen LogP contribution in [-0.4, -0.2) is 49.9 Å². The summed E-state index contributed by atoms with van der Waals surface area (Å²) in [6, 6.07) is 1.91. The van der Waals surface area contributed by atoms with Crippen LogP contribution in [0.1, 0.15) is 12.7 Å². The minimum absolute atomic E-state index is 0.0174. The Morgan fingerprint density at radius 2 is 2.27 bits per heavy atom. The molecule has 7 heteroatoms. The standard InChI is InChI=1S/C15H21N5O2/c1-2-22-12-15(21)19-9-13(10-20-6-3-4-17-20)8-18-7-5-16-14(18)11-19/h3-7,13H,2,8-12H2,1H3/t13-/m0/s1. The fourth-order valence-electron chi connectivity index (χ4n) is 2.80. The lowest BCUT2D eigenvalue weighted by molar-refractivity contribution is -0.137. The molecule has 0 bridgehead atoms. The predicted octanol–water partition coefficient (Wildman–Crippen LogP) is 0.775. The molecule has 1 atom stereocenters. The Hall–Kier alpha value is -2.15. The number of rotatable bonds is 5. The largest absolute Gasteiger partial charge is 0.372 e. The molecule has 0 saturated heterocycles. The van der Waals surface area contributed by atoms with E-state index in [4.69, 9.17) is 4.74 Å². The number of hydrogen-bond donors (Lipinski definition) is 0. The lowest BCUT2D eigenvalue weighted by Gasteiger charge is -2.24. The maximum absolute atomic E-state index is 12.3. The molecule has 2 aromatic heterocycles. The van der Waals surface area contributed by atoms with Gasteiger partial charge in [0.05, 0.1) is 6.54 Å². The van der Waals surface area contributed by atoms with Gasteiger partial charge in [0, 0.05) is 56.9 Å². The number of imidazole rings is 1. The van der Waals surface area contributed by atoms with Crippen LogP contribution in [0.4, 0.5) is 0 Å². The van der Waals surface area contributed by atoms with Crippen LogP contribution in [0.2, 0.25) is 0 Å². The summed E-state index contributed by atoms with van der Waals surface area (Å²) in [5.74, 6) is 1.23. The zero-order chi connectivity index (χ0) is 15.4. The molecule has 0 saturated carbocycles. The molecule has 0 unspecified atom stereocenters. The Balaban J connectivity index is 1.75. The molecule has 3 heterocycles. The van der Waals surface area contributed by atoms with Gasteiger partial charge >= 0.3 is 0 Å². The van der Waals surface area contributed by atoms with Crippen molar-refractivity contribution in [2.45, 2.75) is 26.6 Å². The fraction of sp³-hybridized carbons (Fsp3) is 0.533. The SMILES string of the molecule is CCOCC(=O)N1Cc2nccn2C[C@H](Cn2cccn2)C1. The van der Waals surface area contributed by atoms with Crippen LogP contribution in [0, 0.1) is 5.92 Å². The molecule has 0 spiro atoms. The summed E-state index contributed by atoms with van der Waals surface area (Å²) < 4.78 is 9.31. The maximum Gasteiger partial charge on any atom is 0.248 e. The van der Waals surface area contributed by atoms with Gasteiger partial charge in [-0.3, -0.25) is 9.48 Å². The first-order chi connectivity index (χ1) is 10.8. The van der Waals surface area contributed by atoms with Crippen LogP contribution in [0.3, 0.4) is 0 Å². The minimum atomic E-state index is 0.0174. The van der Waals surface area contributed by atoms with Crippen molar-refractivity contribution in [3.05, 3.63) is 36.7 Å². The first kappa shape index (κ1) is 14.8. The van der Waals surface area contributed by atoms with Gasteiger partial charge in [-0.05, 0) is 13.0 Å². The van der Waals surface area contributed by atoms with Crippen molar-refractivity contribution in [3.63, 3.8) is 0 Å². The first-order valence-corrected chi connectivity index (χ1v) is 7.59. The number of fused-ring (bicyclic) bond motifs is 1. The van der Waals surface area contributed by atoms with E-state index >= 15 is 0 Å². The monoisotopic (exact) mass is 303 g/mol. The Kier molecular flexibility index (Phi) is 4.53. The molecular weight excluding hydrogens is 282 g/mol. The van der Waals surface area contributed by atoms with Gasteiger partial charge < -0.3 is 14.2 Å². The number of carbonyl (C=O) groups excluding carboxylic acids is 1. The highest BCUT2D eigenvalue weighted by atomic mass is 16.5. The average Bonchev–Trinajstić information content (AvgIpc) is 3.13. The van der Waals surface area contributed by atoms with Gasteiger partial charge in [0.15, 0.2) is 0 Å². The van der Waals surface area contributed by atoms with Crippen LogP contribution < -0.4 is 0 Å². The van der Waals surface area contributed by atoms with Crippen molar-refractivity contribution < 1.29 is 9.53 Å². The number of hydrogen-bond acceptors (Lipinski definition) is 4. The molecule has 1 aliphatic heterocycles.